The van der Waals surface area contributed by atoms with Gasteiger partial charge in [0.2, 0.25) is 5.91 Å². The summed E-state index contributed by atoms with van der Waals surface area (Å²) in [6, 6.07) is 4.90. The van der Waals surface area contributed by atoms with Gasteiger partial charge in [-0.3, -0.25) is 4.79 Å². The number of benzene rings is 1. The molecule has 0 aromatic heterocycles. The molecule has 3 nitrogen and oxygen atoms in total. The van der Waals surface area contributed by atoms with E-state index in [4.69, 9.17) is 5.73 Å². The molecule has 1 aromatic rings. The second-order valence-corrected chi connectivity index (χ2v) is 4.86. The van der Waals surface area contributed by atoms with Crippen LogP contribution in [0.4, 0.5) is 18.9 Å². The Morgan fingerprint density at radius 2 is 1.79 bits per heavy atom. The van der Waals surface area contributed by atoms with Crippen molar-refractivity contribution in [2.75, 3.05) is 5.32 Å². The average molecular weight is 272 g/mol. The van der Waals surface area contributed by atoms with Crippen LogP contribution in [0.25, 0.3) is 0 Å². The van der Waals surface area contributed by atoms with Crippen molar-refractivity contribution >= 4 is 11.6 Å². The molecule has 2 rings (SSSR count). The summed E-state index contributed by atoms with van der Waals surface area (Å²) >= 11 is 0. The summed E-state index contributed by atoms with van der Waals surface area (Å²) in [6.45, 7) is 0. The first-order valence-electron chi connectivity index (χ1n) is 6.09. The maximum absolute atomic E-state index is 12.8. The van der Waals surface area contributed by atoms with Gasteiger partial charge in [0.1, 0.15) is 0 Å². The van der Waals surface area contributed by atoms with Crippen LogP contribution < -0.4 is 11.1 Å². The number of hydrogen-bond acceptors (Lipinski definition) is 2. The molecule has 0 saturated heterocycles. The number of amides is 1. The van der Waals surface area contributed by atoms with Gasteiger partial charge >= 0.3 is 6.18 Å². The van der Waals surface area contributed by atoms with Gasteiger partial charge in [-0.1, -0.05) is 25.0 Å². The number of nitrogens with one attached hydrogen (secondary N) is 1. The molecular formula is C13H15F3N2O. The van der Waals surface area contributed by atoms with Crippen LogP contribution in [0.5, 0.6) is 0 Å². The van der Waals surface area contributed by atoms with Crippen LogP contribution >= 0.6 is 0 Å². The fourth-order valence-electron chi connectivity index (χ4n) is 2.32. The predicted molar refractivity (Wildman–Crippen MR) is 65.5 cm³/mol. The Kier molecular flexibility index (Phi) is 3.54. The van der Waals surface area contributed by atoms with Crippen LogP contribution in [0.3, 0.4) is 0 Å². The van der Waals surface area contributed by atoms with Crippen molar-refractivity contribution in [2.45, 2.75) is 37.4 Å². The molecule has 0 atom stereocenters. The van der Waals surface area contributed by atoms with Crippen LogP contribution in [0.2, 0.25) is 0 Å². The molecule has 1 aliphatic carbocycles. The van der Waals surface area contributed by atoms with Gasteiger partial charge in [-0.15, -0.1) is 0 Å². The molecule has 0 spiro atoms. The molecule has 0 radical (unpaired) electrons. The van der Waals surface area contributed by atoms with E-state index in [9.17, 15) is 18.0 Å². The molecular weight excluding hydrogens is 257 g/mol. The van der Waals surface area contributed by atoms with Crippen molar-refractivity contribution in [1.29, 1.82) is 0 Å². The van der Waals surface area contributed by atoms with Crippen molar-refractivity contribution in [2.24, 2.45) is 5.73 Å². The van der Waals surface area contributed by atoms with Crippen molar-refractivity contribution in [3.63, 3.8) is 0 Å². The smallest absolute Gasteiger partial charge is 0.324 e. The van der Waals surface area contributed by atoms with Gasteiger partial charge in [-0.25, -0.2) is 0 Å². The lowest BCUT2D eigenvalue weighted by Gasteiger charge is -2.23. The van der Waals surface area contributed by atoms with Gasteiger partial charge in [-0.05, 0) is 25.0 Å². The standard InChI is InChI=1S/C13H15F3N2O/c14-13(15,16)9-5-1-2-6-10(9)18-11(19)12(17)7-3-4-8-12/h1-2,5-6H,3-4,7-8,17H2,(H,18,19). The number of alkyl halides is 3. The zero-order valence-electron chi connectivity index (χ0n) is 10.3. The van der Waals surface area contributed by atoms with E-state index in [-0.39, 0.29) is 5.69 Å². The van der Waals surface area contributed by atoms with Crippen LogP contribution in [-0.2, 0) is 11.0 Å². The summed E-state index contributed by atoms with van der Waals surface area (Å²) in [6.07, 6.45) is -1.84. The lowest BCUT2D eigenvalue weighted by atomic mass is 9.97. The lowest BCUT2D eigenvalue weighted by molar-refractivity contribution is -0.137. The van der Waals surface area contributed by atoms with Gasteiger partial charge < -0.3 is 11.1 Å². The predicted octanol–water partition coefficient (Wildman–Crippen LogP) is 2.92. The molecule has 1 saturated carbocycles. The second-order valence-electron chi connectivity index (χ2n) is 4.86. The quantitative estimate of drug-likeness (QED) is 0.869. The summed E-state index contributed by atoms with van der Waals surface area (Å²) < 4.78 is 38.4. The molecule has 0 aliphatic heterocycles. The highest BCUT2D eigenvalue weighted by Crippen LogP contribution is 2.35. The molecule has 19 heavy (non-hydrogen) atoms. The molecule has 1 aliphatic rings. The first-order valence-corrected chi connectivity index (χ1v) is 6.09. The Morgan fingerprint density at radius 3 is 2.37 bits per heavy atom. The topological polar surface area (TPSA) is 55.1 Å². The summed E-state index contributed by atoms with van der Waals surface area (Å²) in [5.41, 5.74) is 3.78. The van der Waals surface area contributed by atoms with Crippen molar-refractivity contribution in [3.8, 4) is 0 Å². The zero-order valence-corrected chi connectivity index (χ0v) is 10.3. The molecule has 0 bridgehead atoms. The fraction of sp³-hybridized carbons (Fsp3) is 0.462. The van der Waals surface area contributed by atoms with E-state index in [2.05, 4.69) is 5.32 Å². The molecule has 1 aromatic carbocycles. The second kappa shape index (κ2) is 4.85. The first kappa shape index (κ1) is 13.9. The van der Waals surface area contributed by atoms with Gasteiger partial charge in [0, 0.05) is 0 Å². The number of carbonyl (C=O) groups is 1. The van der Waals surface area contributed by atoms with Gasteiger partial charge in [0.15, 0.2) is 0 Å². The van der Waals surface area contributed by atoms with E-state index in [1.54, 1.807) is 0 Å². The highest BCUT2D eigenvalue weighted by Gasteiger charge is 2.39. The van der Waals surface area contributed by atoms with E-state index < -0.39 is 23.2 Å². The number of halogens is 3. The van der Waals surface area contributed by atoms with Crippen molar-refractivity contribution < 1.29 is 18.0 Å². The maximum atomic E-state index is 12.8. The number of anilines is 1. The zero-order chi connectivity index (χ0) is 14.1. The average Bonchev–Trinajstić information content (AvgIpc) is 2.77. The minimum Gasteiger partial charge on any atom is -0.324 e. The van der Waals surface area contributed by atoms with Gasteiger partial charge in [0.05, 0.1) is 16.8 Å². The van der Waals surface area contributed by atoms with E-state index in [1.165, 1.54) is 18.2 Å². The van der Waals surface area contributed by atoms with E-state index in [1.807, 2.05) is 0 Å². The molecule has 0 unspecified atom stereocenters. The van der Waals surface area contributed by atoms with E-state index >= 15 is 0 Å². The molecule has 3 N–H and O–H groups in total. The molecule has 1 amide bonds. The molecule has 1 fully saturated rings. The largest absolute Gasteiger partial charge is 0.418 e. The number of carbonyl (C=O) groups excluding carboxylic acids is 1. The Balaban J connectivity index is 2.22. The van der Waals surface area contributed by atoms with Crippen LogP contribution in [0.1, 0.15) is 31.2 Å². The number of hydrogen-bond donors (Lipinski definition) is 2. The SMILES string of the molecule is NC1(C(=O)Nc2ccccc2C(F)(F)F)CCCC1. The highest BCUT2D eigenvalue weighted by atomic mass is 19.4. The van der Waals surface area contributed by atoms with E-state index in [0.29, 0.717) is 12.8 Å². The van der Waals surface area contributed by atoms with Gasteiger partial charge in [0.25, 0.3) is 0 Å². The Bertz CT molecular complexity index is 479. The third-order valence-electron chi connectivity index (χ3n) is 3.43. The van der Waals surface area contributed by atoms with Crippen LogP contribution in [-0.4, -0.2) is 11.4 Å². The fourth-order valence-corrected chi connectivity index (χ4v) is 2.32. The van der Waals surface area contributed by atoms with Crippen LogP contribution in [0.15, 0.2) is 24.3 Å². The Hall–Kier alpha value is -1.56. The van der Waals surface area contributed by atoms with Gasteiger partial charge in [-0.2, -0.15) is 13.2 Å². The third kappa shape index (κ3) is 2.89. The normalized spacial score (nSPS) is 18.3. The monoisotopic (exact) mass is 272 g/mol. The summed E-state index contributed by atoms with van der Waals surface area (Å²) in [5.74, 6) is -0.540. The number of nitrogens with two attached hydrogens (primary N) is 1. The highest BCUT2D eigenvalue weighted by molar-refractivity contribution is 5.98. The third-order valence-corrected chi connectivity index (χ3v) is 3.43. The molecule has 0 heterocycles. The lowest BCUT2D eigenvalue weighted by Crippen LogP contribution is -2.48. The molecule has 104 valence electrons. The number of para-hydroxylation sites is 1. The van der Waals surface area contributed by atoms with Crippen molar-refractivity contribution in [1.82, 2.24) is 0 Å². The molecule has 6 heteroatoms. The Morgan fingerprint density at radius 1 is 1.21 bits per heavy atom. The van der Waals surface area contributed by atoms with Crippen LogP contribution in [0, 0.1) is 0 Å². The summed E-state index contributed by atoms with van der Waals surface area (Å²) in [4.78, 5) is 12.0. The number of rotatable bonds is 2. The maximum Gasteiger partial charge on any atom is 0.418 e. The summed E-state index contributed by atoms with van der Waals surface area (Å²) in [7, 11) is 0. The minimum absolute atomic E-state index is 0.239. The van der Waals surface area contributed by atoms with Crippen molar-refractivity contribution in [3.05, 3.63) is 29.8 Å². The van der Waals surface area contributed by atoms with E-state index in [0.717, 1.165) is 18.9 Å². The first-order chi connectivity index (χ1) is 8.83. The minimum atomic E-state index is -4.50. The summed E-state index contributed by atoms with van der Waals surface area (Å²) in [5, 5.41) is 2.32. The Labute approximate surface area is 109 Å².